The number of anilines is 1. The van der Waals surface area contributed by atoms with Crippen molar-refractivity contribution in [3.63, 3.8) is 0 Å². The van der Waals surface area contributed by atoms with Crippen LogP contribution in [0, 0.1) is 0 Å². The van der Waals surface area contributed by atoms with Crippen molar-refractivity contribution in [3.05, 3.63) is 40.9 Å². The van der Waals surface area contributed by atoms with Gasteiger partial charge in [-0.25, -0.2) is 0 Å². The van der Waals surface area contributed by atoms with E-state index in [-0.39, 0.29) is 11.9 Å². The van der Waals surface area contributed by atoms with Gasteiger partial charge in [-0.2, -0.15) is 0 Å². The molecule has 2 aromatic carbocycles. The summed E-state index contributed by atoms with van der Waals surface area (Å²) < 4.78 is 1.07. The lowest BCUT2D eigenvalue weighted by Crippen LogP contribution is -2.37. The first kappa shape index (κ1) is 14.9. The Hall–Kier alpha value is -1.55. The normalized spacial score (nSPS) is 12.2. The molecule has 1 unspecified atom stereocenters. The van der Waals surface area contributed by atoms with Crippen molar-refractivity contribution in [2.45, 2.75) is 26.3 Å². The fourth-order valence-corrected chi connectivity index (χ4v) is 2.40. The van der Waals surface area contributed by atoms with E-state index in [2.05, 4.69) is 50.8 Å². The topological polar surface area (TPSA) is 41.1 Å². The van der Waals surface area contributed by atoms with Crippen LogP contribution in [0.3, 0.4) is 0 Å². The highest BCUT2D eigenvalue weighted by molar-refractivity contribution is 9.10. The number of rotatable bonds is 5. The lowest BCUT2D eigenvalue weighted by molar-refractivity contribution is -0.121. The van der Waals surface area contributed by atoms with Crippen LogP contribution in [-0.2, 0) is 4.79 Å². The largest absolute Gasteiger partial charge is 0.374 e. The summed E-state index contributed by atoms with van der Waals surface area (Å²) in [4.78, 5) is 11.8. The van der Waals surface area contributed by atoms with Crippen LogP contribution in [0.5, 0.6) is 0 Å². The van der Waals surface area contributed by atoms with Crippen molar-refractivity contribution in [2.24, 2.45) is 0 Å². The van der Waals surface area contributed by atoms with Crippen molar-refractivity contribution in [3.8, 4) is 0 Å². The van der Waals surface area contributed by atoms with E-state index in [0.717, 1.165) is 28.5 Å². The Morgan fingerprint density at radius 2 is 1.90 bits per heavy atom. The van der Waals surface area contributed by atoms with Crippen molar-refractivity contribution in [1.82, 2.24) is 5.32 Å². The Morgan fingerprint density at radius 1 is 1.20 bits per heavy atom. The number of carbonyl (C=O) groups excluding carboxylic acids is 1. The standard InChI is InChI=1S/C16H19BrN2O/c1-3-8-18-16(20)11(2)19-15-7-5-12-9-14(17)6-4-13(12)10-15/h4-7,9-11,19H,3,8H2,1-2H3,(H,18,20). The second-order valence-corrected chi connectivity index (χ2v) is 5.78. The molecule has 2 aromatic rings. The summed E-state index contributed by atoms with van der Waals surface area (Å²) in [6, 6.07) is 12.0. The average Bonchev–Trinajstić information content (AvgIpc) is 2.44. The van der Waals surface area contributed by atoms with E-state index in [0.29, 0.717) is 0 Å². The Kier molecular flexibility index (Phi) is 5.01. The van der Waals surface area contributed by atoms with Gasteiger partial charge >= 0.3 is 0 Å². The van der Waals surface area contributed by atoms with Crippen molar-refractivity contribution >= 4 is 38.3 Å². The van der Waals surface area contributed by atoms with E-state index in [1.54, 1.807) is 0 Å². The highest BCUT2D eigenvalue weighted by atomic mass is 79.9. The van der Waals surface area contributed by atoms with Gasteiger partial charge in [0.15, 0.2) is 0 Å². The molecule has 0 aromatic heterocycles. The fourth-order valence-electron chi connectivity index (χ4n) is 2.02. The number of fused-ring (bicyclic) bond motifs is 1. The molecular formula is C16H19BrN2O. The number of amides is 1. The van der Waals surface area contributed by atoms with E-state index in [4.69, 9.17) is 0 Å². The van der Waals surface area contributed by atoms with Gasteiger partial charge in [0.25, 0.3) is 0 Å². The molecule has 0 heterocycles. The zero-order chi connectivity index (χ0) is 14.5. The quantitative estimate of drug-likeness (QED) is 0.869. The van der Waals surface area contributed by atoms with E-state index >= 15 is 0 Å². The molecule has 0 bridgehead atoms. The summed E-state index contributed by atoms with van der Waals surface area (Å²) in [6.07, 6.45) is 0.948. The van der Waals surface area contributed by atoms with Crippen LogP contribution in [0.25, 0.3) is 10.8 Å². The molecule has 0 spiro atoms. The number of nitrogens with one attached hydrogen (secondary N) is 2. The predicted molar refractivity (Wildman–Crippen MR) is 88.0 cm³/mol. The second-order valence-electron chi connectivity index (χ2n) is 4.86. The van der Waals surface area contributed by atoms with Gasteiger partial charge in [0.1, 0.15) is 6.04 Å². The van der Waals surface area contributed by atoms with Gasteiger partial charge in [0.05, 0.1) is 0 Å². The summed E-state index contributed by atoms with van der Waals surface area (Å²) in [5, 5.41) is 8.45. The number of halogens is 1. The molecule has 0 aliphatic rings. The summed E-state index contributed by atoms with van der Waals surface area (Å²) in [5.41, 5.74) is 0.957. The van der Waals surface area contributed by atoms with Gasteiger partial charge in [-0.1, -0.05) is 35.0 Å². The molecule has 0 fully saturated rings. The Bertz CT molecular complexity index is 612. The van der Waals surface area contributed by atoms with E-state index in [1.807, 2.05) is 26.0 Å². The van der Waals surface area contributed by atoms with Crippen LogP contribution in [-0.4, -0.2) is 18.5 Å². The minimum absolute atomic E-state index is 0.0303. The molecule has 0 aliphatic heterocycles. The van der Waals surface area contributed by atoms with Crippen LogP contribution in [0.2, 0.25) is 0 Å². The summed E-state index contributed by atoms with van der Waals surface area (Å²) in [6.45, 7) is 4.63. The molecule has 0 aliphatic carbocycles. The third kappa shape index (κ3) is 3.73. The zero-order valence-corrected chi connectivity index (χ0v) is 13.3. The summed E-state index contributed by atoms with van der Waals surface area (Å²) >= 11 is 3.47. The smallest absolute Gasteiger partial charge is 0.242 e. The van der Waals surface area contributed by atoms with Crippen molar-refractivity contribution in [1.29, 1.82) is 0 Å². The second kappa shape index (κ2) is 6.75. The van der Waals surface area contributed by atoms with E-state index in [1.165, 1.54) is 5.39 Å². The molecule has 0 saturated carbocycles. The maximum atomic E-state index is 11.8. The van der Waals surface area contributed by atoms with Crippen LogP contribution in [0.15, 0.2) is 40.9 Å². The maximum absolute atomic E-state index is 11.8. The molecule has 1 atom stereocenters. The SMILES string of the molecule is CCCNC(=O)C(C)Nc1ccc2cc(Br)ccc2c1. The predicted octanol–water partition coefficient (Wildman–Crippen LogP) is 3.93. The Labute approximate surface area is 127 Å². The lowest BCUT2D eigenvalue weighted by Gasteiger charge is -2.15. The highest BCUT2D eigenvalue weighted by Crippen LogP contribution is 2.23. The number of hydrogen-bond acceptors (Lipinski definition) is 2. The molecule has 1 amide bonds. The first-order valence-corrected chi connectivity index (χ1v) is 7.63. The van der Waals surface area contributed by atoms with E-state index in [9.17, 15) is 4.79 Å². The van der Waals surface area contributed by atoms with Crippen molar-refractivity contribution < 1.29 is 4.79 Å². The summed E-state index contributed by atoms with van der Waals surface area (Å²) in [5.74, 6) is 0.0303. The lowest BCUT2D eigenvalue weighted by atomic mass is 10.1. The number of hydrogen-bond donors (Lipinski definition) is 2. The zero-order valence-electron chi connectivity index (χ0n) is 11.7. The van der Waals surface area contributed by atoms with Crippen LogP contribution in [0.4, 0.5) is 5.69 Å². The molecule has 106 valence electrons. The molecular weight excluding hydrogens is 316 g/mol. The number of carbonyl (C=O) groups is 1. The highest BCUT2D eigenvalue weighted by Gasteiger charge is 2.11. The first-order chi connectivity index (χ1) is 9.60. The summed E-state index contributed by atoms with van der Waals surface area (Å²) in [7, 11) is 0. The molecule has 0 radical (unpaired) electrons. The van der Waals surface area contributed by atoms with E-state index < -0.39 is 0 Å². The van der Waals surface area contributed by atoms with Crippen LogP contribution < -0.4 is 10.6 Å². The van der Waals surface area contributed by atoms with Crippen molar-refractivity contribution in [2.75, 3.05) is 11.9 Å². The first-order valence-electron chi connectivity index (χ1n) is 6.83. The molecule has 2 rings (SSSR count). The molecule has 4 heteroatoms. The Balaban J connectivity index is 2.09. The molecule has 2 N–H and O–H groups in total. The Morgan fingerprint density at radius 3 is 2.65 bits per heavy atom. The average molecular weight is 335 g/mol. The molecule has 0 saturated heterocycles. The number of benzene rings is 2. The van der Waals surface area contributed by atoms with Gasteiger partial charge in [0.2, 0.25) is 5.91 Å². The third-order valence-electron chi connectivity index (χ3n) is 3.13. The van der Waals surface area contributed by atoms with Gasteiger partial charge < -0.3 is 10.6 Å². The van der Waals surface area contributed by atoms with Gasteiger partial charge in [-0.05, 0) is 48.4 Å². The molecule has 20 heavy (non-hydrogen) atoms. The van der Waals surface area contributed by atoms with Gasteiger partial charge in [0, 0.05) is 16.7 Å². The maximum Gasteiger partial charge on any atom is 0.242 e. The fraction of sp³-hybridized carbons (Fsp3) is 0.312. The minimum atomic E-state index is -0.241. The van der Waals surface area contributed by atoms with Gasteiger partial charge in [-0.3, -0.25) is 4.79 Å². The molecule has 3 nitrogen and oxygen atoms in total. The van der Waals surface area contributed by atoms with Crippen LogP contribution in [0.1, 0.15) is 20.3 Å². The monoisotopic (exact) mass is 334 g/mol. The van der Waals surface area contributed by atoms with Gasteiger partial charge in [-0.15, -0.1) is 0 Å². The minimum Gasteiger partial charge on any atom is -0.374 e. The third-order valence-corrected chi connectivity index (χ3v) is 3.62. The van der Waals surface area contributed by atoms with Crippen LogP contribution >= 0.6 is 15.9 Å².